The van der Waals surface area contributed by atoms with Crippen LogP contribution in [0.1, 0.15) is 22.3 Å². The van der Waals surface area contributed by atoms with E-state index in [1.165, 1.54) is 0 Å². The summed E-state index contributed by atoms with van der Waals surface area (Å²) in [5.74, 6) is 0.529. The highest BCUT2D eigenvalue weighted by molar-refractivity contribution is 6.30. The van der Waals surface area contributed by atoms with Gasteiger partial charge in [-0.2, -0.15) is 5.10 Å². The van der Waals surface area contributed by atoms with Crippen LogP contribution in [0.15, 0.2) is 84.4 Å². The molecule has 0 aliphatic rings. The third kappa shape index (κ3) is 5.29. The largest absolute Gasteiger partial charge is 0.494 e. The average Bonchev–Trinajstić information content (AvgIpc) is 3.16. The molecule has 31 heavy (non-hydrogen) atoms. The number of carbonyl (C=O) groups excluding carboxylic acids is 1. The Labute approximate surface area is 185 Å². The lowest BCUT2D eigenvalue weighted by atomic mass is 10.2. The Morgan fingerprint density at radius 3 is 2.68 bits per heavy atom. The number of pyridine rings is 1. The van der Waals surface area contributed by atoms with Crippen molar-refractivity contribution >= 4 is 34.6 Å². The van der Waals surface area contributed by atoms with E-state index >= 15 is 0 Å². The third-order valence-corrected chi connectivity index (χ3v) is 5.01. The highest BCUT2D eigenvalue weighted by Crippen LogP contribution is 2.21. The summed E-state index contributed by atoms with van der Waals surface area (Å²) in [7, 11) is 0. The Morgan fingerprint density at radius 1 is 1.10 bits per heavy atom. The number of hydrogen-bond donors (Lipinski definition) is 1. The standard InChI is InChI=1S/C24H21ClN4O2/c25-20-6-8-21(9-7-20)31-15-3-14-29-17-19(22-4-1-2-5-23(22)29)16-27-28-24(30)18-10-12-26-13-11-18/h1-2,4-13,16-17H,3,14-15H2,(H,28,30). The number of hydrazone groups is 1. The monoisotopic (exact) mass is 432 g/mol. The molecule has 0 bridgehead atoms. The number of aryl methyl sites for hydroxylation is 1. The number of carbonyl (C=O) groups is 1. The van der Waals surface area contributed by atoms with Gasteiger partial charge in [-0.25, -0.2) is 5.43 Å². The first kappa shape index (κ1) is 20.6. The molecule has 2 heterocycles. The van der Waals surface area contributed by atoms with E-state index < -0.39 is 0 Å². The number of ether oxygens (including phenoxy) is 1. The molecule has 0 spiro atoms. The Kier molecular flexibility index (Phi) is 6.59. The van der Waals surface area contributed by atoms with Crippen LogP contribution in [0.4, 0.5) is 0 Å². The summed E-state index contributed by atoms with van der Waals surface area (Å²) in [6.45, 7) is 1.39. The van der Waals surface area contributed by atoms with Crippen molar-refractivity contribution in [1.82, 2.24) is 15.0 Å². The van der Waals surface area contributed by atoms with Gasteiger partial charge in [-0.1, -0.05) is 29.8 Å². The SMILES string of the molecule is O=C(NN=Cc1cn(CCCOc2ccc(Cl)cc2)c2ccccc12)c1ccncc1. The molecule has 1 N–H and O–H groups in total. The molecule has 6 nitrogen and oxygen atoms in total. The van der Waals surface area contributed by atoms with Crippen molar-refractivity contribution in [1.29, 1.82) is 0 Å². The van der Waals surface area contributed by atoms with Crippen LogP contribution in [-0.4, -0.2) is 28.3 Å². The number of nitrogens with zero attached hydrogens (tertiary/aromatic N) is 3. The lowest BCUT2D eigenvalue weighted by Crippen LogP contribution is -2.17. The molecule has 0 saturated heterocycles. The summed E-state index contributed by atoms with van der Waals surface area (Å²) in [6, 6.07) is 18.8. The fourth-order valence-corrected chi connectivity index (χ4v) is 3.37. The minimum Gasteiger partial charge on any atom is -0.494 e. The maximum Gasteiger partial charge on any atom is 0.271 e. The van der Waals surface area contributed by atoms with E-state index in [9.17, 15) is 4.79 Å². The highest BCUT2D eigenvalue weighted by atomic mass is 35.5. The molecule has 0 atom stereocenters. The van der Waals surface area contributed by atoms with Crippen molar-refractivity contribution in [2.75, 3.05) is 6.61 Å². The smallest absolute Gasteiger partial charge is 0.271 e. The van der Waals surface area contributed by atoms with Crippen molar-refractivity contribution in [3.05, 3.63) is 95.4 Å². The van der Waals surface area contributed by atoms with Crippen molar-refractivity contribution in [2.24, 2.45) is 5.10 Å². The number of para-hydroxylation sites is 1. The van der Waals surface area contributed by atoms with Crippen LogP contribution in [-0.2, 0) is 6.54 Å². The minimum absolute atomic E-state index is 0.276. The summed E-state index contributed by atoms with van der Waals surface area (Å²) >= 11 is 5.90. The summed E-state index contributed by atoms with van der Waals surface area (Å²) < 4.78 is 7.96. The molecule has 4 aromatic rings. The number of fused-ring (bicyclic) bond motifs is 1. The van der Waals surface area contributed by atoms with E-state index in [-0.39, 0.29) is 5.91 Å². The number of nitrogens with one attached hydrogen (secondary N) is 1. The lowest BCUT2D eigenvalue weighted by molar-refractivity contribution is 0.0955. The molecule has 1 amide bonds. The van der Waals surface area contributed by atoms with E-state index in [1.807, 2.05) is 48.7 Å². The topological polar surface area (TPSA) is 68.5 Å². The average molecular weight is 433 g/mol. The van der Waals surface area contributed by atoms with Gasteiger partial charge < -0.3 is 9.30 Å². The highest BCUT2D eigenvalue weighted by Gasteiger charge is 2.07. The van der Waals surface area contributed by atoms with Gasteiger partial charge in [-0.15, -0.1) is 0 Å². The molecule has 2 aromatic heterocycles. The summed E-state index contributed by atoms with van der Waals surface area (Å²) in [6.07, 6.45) is 7.69. The van der Waals surface area contributed by atoms with E-state index in [1.54, 1.807) is 30.7 Å². The molecule has 4 rings (SSSR count). The molecule has 2 aromatic carbocycles. The molecule has 0 radical (unpaired) electrons. The van der Waals surface area contributed by atoms with Crippen LogP contribution < -0.4 is 10.2 Å². The molecule has 0 aliphatic carbocycles. The summed E-state index contributed by atoms with van der Waals surface area (Å²) in [5, 5.41) is 5.90. The predicted octanol–water partition coefficient (Wildman–Crippen LogP) is 4.92. The number of halogens is 1. The van der Waals surface area contributed by atoms with Crippen molar-refractivity contribution in [3.8, 4) is 5.75 Å². The van der Waals surface area contributed by atoms with E-state index in [0.29, 0.717) is 17.2 Å². The van der Waals surface area contributed by atoms with Gasteiger partial charge in [0, 0.05) is 52.2 Å². The van der Waals surface area contributed by atoms with Gasteiger partial charge in [0.15, 0.2) is 0 Å². The second-order valence-electron chi connectivity index (χ2n) is 6.89. The number of hydrogen-bond acceptors (Lipinski definition) is 4. The first-order valence-electron chi connectivity index (χ1n) is 9.90. The maximum absolute atomic E-state index is 12.1. The Bertz CT molecular complexity index is 1190. The molecular formula is C24H21ClN4O2. The Morgan fingerprint density at radius 2 is 1.87 bits per heavy atom. The zero-order valence-electron chi connectivity index (χ0n) is 16.7. The van der Waals surface area contributed by atoms with Crippen LogP contribution in [0.3, 0.4) is 0 Å². The number of aromatic nitrogens is 2. The molecule has 0 aliphatic heterocycles. The van der Waals surface area contributed by atoms with E-state index in [0.717, 1.165) is 35.2 Å². The van der Waals surface area contributed by atoms with Crippen LogP contribution in [0.5, 0.6) is 5.75 Å². The fourth-order valence-electron chi connectivity index (χ4n) is 3.25. The molecular weight excluding hydrogens is 412 g/mol. The predicted molar refractivity (Wildman–Crippen MR) is 123 cm³/mol. The molecule has 0 saturated carbocycles. The fraction of sp³-hybridized carbons (Fsp3) is 0.125. The lowest BCUT2D eigenvalue weighted by Gasteiger charge is -2.08. The van der Waals surface area contributed by atoms with Gasteiger partial charge in [-0.05, 0) is 48.9 Å². The quantitative estimate of drug-likeness (QED) is 0.244. The maximum atomic E-state index is 12.1. The van der Waals surface area contributed by atoms with Gasteiger partial charge in [0.25, 0.3) is 5.91 Å². The zero-order chi connectivity index (χ0) is 21.5. The molecule has 0 fully saturated rings. The number of rotatable bonds is 8. The number of benzene rings is 2. The second kappa shape index (κ2) is 9.91. The van der Waals surface area contributed by atoms with Crippen molar-refractivity contribution in [2.45, 2.75) is 13.0 Å². The van der Waals surface area contributed by atoms with Gasteiger partial charge in [0.1, 0.15) is 5.75 Å². The minimum atomic E-state index is -0.276. The van der Waals surface area contributed by atoms with Crippen molar-refractivity contribution in [3.63, 3.8) is 0 Å². The van der Waals surface area contributed by atoms with Gasteiger partial charge in [0.05, 0.1) is 12.8 Å². The van der Waals surface area contributed by atoms with Gasteiger partial charge in [0.2, 0.25) is 0 Å². The molecule has 0 unspecified atom stereocenters. The second-order valence-corrected chi connectivity index (χ2v) is 7.32. The van der Waals surface area contributed by atoms with E-state index in [4.69, 9.17) is 16.3 Å². The first-order valence-corrected chi connectivity index (χ1v) is 10.3. The van der Waals surface area contributed by atoms with Crippen LogP contribution in [0, 0.1) is 0 Å². The first-order chi connectivity index (χ1) is 15.2. The molecule has 156 valence electrons. The molecule has 7 heteroatoms. The van der Waals surface area contributed by atoms with Crippen LogP contribution >= 0.6 is 11.6 Å². The summed E-state index contributed by atoms with van der Waals surface area (Å²) in [4.78, 5) is 16.0. The van der Waals surface area contributed by atoms with Crippen molar-refractivity contribution < 1.29 is 9.53 Å². The zero-order valence-corrected chi connectivity index (χ0v) is 17.5. The Balaban J connectivity index is 1.39. The number of amides is 1. The normalized spacial score (nSPS) is 11.1. The Hall–Kier alpha value is -3.64. The van der Waals surface area contributed by atoms with Gasteiger partial charge >= 0.3 is 0 Å². The van der Waals surface area contributed by atoms with Crippen LogP contribution in [0.25, 0.3) is 10.9 Å². The van der Waals surface area contributed by atoms with Crippen LogP contribution in [0.2, 0.25) is 5.02 Å². The summed E-state index contributed by atoms with van der Waals surface area (Å²) in [5.41, 5.74) is 5.11. The van der Waals surface area contributed by atoms with Gasteiger partial charge in [-0.3, -0.25) is 9.78 Å². The third-order valence-electron chi connectivity index (χ3n) is 4.76. The van der Waals surface area contributed by atoms with E-state index in [2.05, 4.69) is 26.1 Å².